The maximum atomic E-state index is 6.23. The molecule has 0 saturated heterocycles. The predicted molar refractivity (Wildman–Crippen MR) is 105 cm³/mol. The fourth-order valence-corrected chi connectivity index (χ4v) is 3.70. The van der Waals surface area contributed by atoms with Crippen LogP contribution in [-0.2, 0) is 18.0 Å². The molecule has 1 atom stereocenters. The Labute approximate surface area is 156 Å². The summed E-state index contributed by atoms with van der Waals surface area (Å²) in [4.78, 5) is 9.24. The number of hydrogen-bond acceptors (Lipinski definition) is 5. The number of rotatable bonds is 3. The molecule has 27 heavy (non-hydrogen) atoms. The number of nitrogens with two attached hydrogens (primary N) is 1. The summed E-state index contributed by atoms with van der Waals surface area (Å²) in [6, 6.07) is 16.3. The topological polar surface area (TPSA) is 75.2 Å². The summed E-state index contributed by atoms with van der Waals surface area (Å²) >= 11 is 0. The van der Waals surface area contributed by atoms with Gasteiger partial charge in [-0.25, -0.2) is 9.97 Å². The molecule has 0 fully saturated rings. The first-order chi connectivity index (χ1) is 13.2. The van der Waals surface area contributed by atoms with Crippen molar-refractivity contribution in [2.75, 3.05) is 12.3 Å². The van der Waals surface area contributed by atoms with Crippen molar-refractivity contribution in [2.24, 2.45) is 0 Å². The Morgan fingerprint density at radius 2 is 2.04 bits per heavy atom. The summed E-state index contributed by atoms with van der Waals surface area (Å²) in [6.45, 7) is 3.81. The lowest BCUT2D eigenvalue weighted by Crippen LogP contribution is -2.21. The molecule has 2 aromatic heterocycles. The molecule has 1 aliphatic heterocycles. The van der Waals surface area contributed by atoms with Gasteiger partial charge in [-0.15, -0.1) is 0 Å². The highest BCUT2D eigenvalue weighted by Gasteiger charge is 2.24. The molecule has 4 aromatic rings. The van der Waals surface area contributed by atoms with Crippen molar-refractivity contribution in [2.45, 2.75) is 26.2 Å². The Morgan fingerprint density at radius 1 is 1.19 bits per heavy atom. The van der Waals surface area contributed by atoms with Crippen molar-refractivity contribution in [1.29, 1.82) is 0 Å². The molecule has 0 spiro atoms. The Balaban J connectivity index is 1.59. The maximum Gasteiger partial charge on any atom is 0.152 e. The second kappa shape index (κ2) is 6.25. The summed E-state index contributed by atoms with van der Waals surface area (Å²) in [5, 5.41) is 1.03. The number of imidazole rings is 1. The fraction of sp³-hybridized carbons (Fsp3) is 0.238. The van der Waals surface area contributed by atoms with Gasteiger partial charge >= 0.3 is 0 Å². The minimum Gasteiger partial charge on any atom is -0.489 e. The van der Waals surface area contributed by atoms with Gasteiger partial charge in [0, 0.05) is 11.5 Å². The van der Waals surface area contributed by atoms with E-state index in [4.69, 9.17) is 15.2 Å². The van der Waals surface area contributed by atoms with E-state index in [2.05, 4.69) is 21.5 Å². The maximum absolute atomic E-state index is 6.23. The van der Waals surface area contributed by atoms with E-state index in [0.29, 0.717) is 25.6 Å². The molecule has 3 heterocycles. The first-order valence-corrected chi connectivity index (χ1v) is 9.05. The molecule has 0 unspecified atom stereocenters. The molecule has 2 aromatic carbocycles. The standard InChI is InChI=1S/C21H20N4O2/c1-13-10-26-12-18-24-19-20(25(13)18)16-8-7-15(9-17(16)23-21(19)22)27-11-14-5-3-2-4-6-14/h2-9,13H,10-12H2,1H3,(H2,22,23)/t13-/m0/s1. The minimum atomic E-state index is 0.206. The molecule has 0 aliphatic carbocycles. The van der Waals surface area contributed by atoms with E-state index in [0.717, 1.165) is 39.1 Å². The average Bonchev–Trinajstić information content (AvgIpc) is 3.09. The second-order valence-electron chi connectivity index (χ2n) is 6.91. The third-order valence-corrected chi connectivity index (χ3v) is 4.97. The number of nitrogen functional groups attached to an aromatic ring is 1. The zero-order chi connectivity index (χ0) is 18.4. The van der Waals surface area contributed by atoms with Crippen molar-refractivity contribution in [1.82, 2.24) is 14.5 Å². The molecule has 0 saturated carbocycles. The summed E-state index contributed by atoms with van der Waals surface area (Å²) < 4.78 is 13.8. The smallest absolute Gasteiger partial charge is 0.152 e. The lowest BCUT2D eigenvalue weighted by atomic mass is 10.1. The van der Waals surface area contributed by atoms with E-state index in [1.807, 2.05) is 48.5 Å². The third kappa shape index (κ3) is 2.69. The van der Waals surface area contributed by atoms with Crippen LogP contribution < -0.4 is 10.5 Å². The van der Waals surface area contributed by atoms with Crippen molar-refractivity contribution in [3.8, 4) is 5.75 Å². The third-order valence-electron chi connectivity index (χ3n) is 4.97. The van der Waals surface area contributed by atoms with Crippen LogP contribution >= 0.6 is 0 Å². The number of benzene rings is 2. The van der Waals surface area contributed by atoms with Gasteiger partial charge in [-0.05, 0) is 24.6 Å². The van der Waals surface area contributed by atoms with Gasteiger partial charge in [0.25, 0.3) is 0 Å². The van der Waals surface area contributed by atoms with Gasteiger partial charge in [0.2, 0.25) is 0 Å². The number of ether oxygens (including phenoxy) is 2. The SMILES string of the molecule is C[C@H]1COCc2nc3c(N)nc4cc(OCc5ccccc5)ccc4c3n21. The van der Waals surface area contributed by atoms with E-state index in [1.165, 1.54) is 0 Å². The van der Waals surface area contributed by atoms with E-state index in [9.17, 15) is 0 Å². The summed E-state index contributed by atoms with van der Waals surface area (Å²) in [7, 11) is 0. The average molecular weight is 360 g/mol. The highest BCUT2D eigenvalue weighted by molar-refractivity contribution is 6.07. The highest BCUT2D eigenvalue weighted by atomic mass is 16.5. The number of pyridine rings is 1. The van der Waals surface area contributed by atoms with Crippen LogP contribution in [0.15, 0.2) is 48.5 Å². The van der Waals surface area contributed by atoms with E-state index in [1.54, 1.807) is 0 Å². The summed E-state index contributed by atoms with van der Waals surface area (Å²) in [5.41, 5.74) is 9.93. The van der Waals surface area contributed by atoms with Crippen LogP contribution in [0, 0.1) is 0 Å². The normalized spacial score (nSPS) is 16.6. The highest BCUT2D eigenvalue weighted by Crippen LogP contribution is 2.34. The lowest BCUT2D eigenvalue weighted by Gasteiger charge is -2.23. The van der Waals surface area contributed by atoms with Crippen LogP contribution in [0.5, 0.6) is 5.75 Å². The van der Waals surface area contributed by atoms with E-state index in [-0.39, 0.29) is 6.04 Å². The monoisotopic (exact) mass is 360 g/mol. The molecule has 0 bridgehead atoms. The zero-order valence-corrected chi connectivity index (χ0v) is 15.1. The largest absolute Gasteiger partial charge is 0.489 e. The Hall–Kier alpha value is -3.12. The van der Waals surface area contributed by atoms with Crippen LogP contribution in [0.3, 0.4) is 0 Å². The van der Waals surface area contributed by atoms with Crippen LogP contribution in [-0.4, -0.2) is 21.1 Å². The molecule has 6 nitrogen and oxygen atoms in total. The van der Waals surface area contributed by atoms with Crippen LogP contribution in [0.2, 0.25) is 0 Å². The quantitative estimate of drug-likeness (QED) is 0.601. The van der Waals surface area contributed by atoms with Crippen molar-refractivity contribution in [3.63, 3.8) is 0 Å². The van der Waals surface area contributed by atoms with Crippen LogP contribution in [0.1, 0.15) is 24.4 Å². The second-order valence-corrected chi connectivity index (χ2v) is 6.91. The Kier molecular flexibility index (Phi) is 3.72. The number of anilines is 1. The molecular formula is C21H20N4O2. The molecule has 6 heteroatoms. The van der Waals surface area contributed by atoms with Crippen molar-refractivity contribution >= 4 is 27.8 Å². The first-order valence-electron chi connectivity index (χ1n) is 9.05. The zero-order valence-electron chi connectivity index (χ0n) is 15.1. The molecule has 5 rings (SSSR count). The van der Waals surface area contributed by atoms with Gasteiger partial charge in [-0.2, -0.15) is 0 Å². The predicted octanol–water partition coefficient (Wildman–Crippen LogP) is 3.84. The molecule has 0 radical (unpaired) electrons. The first kappa shape index (κ1) is 16.1. The summed E-state index contributed by atoms with van der Waals surface area (Å²) in [5.74, 6) is 2.10. The van der Waals surface area contributed by atoms with Gasteiger partial charge in [0.05, 0.1) is 23.7 Å². The number of aromatic nitrogens is 3. The van der Waals surface area contributed by atoms with Gasteiger partial charge in [0.1, 0.15) is 30.3 Å². The Bertz CT molecular complexity index is 1140. The molecular weight excluding hydrogens is 340 g/mol. The van der Waals surface area contributed by atoms with Crippen LogP contribution in [0.4, 0.5) is 5.82 Å². The molecule has 1 aliphatic rings. The Morgan fingerprint density at radius 3 is 2.89 bits per heavy atom. The van der Waals surface area contributed by atoms with E-state index < -0.39 is 0 Å². The van der Waals surface area contributed by atoms with Gasteiger partial charge in [0.15, 0.2) is 5.82 Å². The van der Waals surface area contributed by atoms with Gasteiger partial charge < -0.3 is 19.8 Å². The fourth-order valence-electron chi connectivity index (χ4n) is 3.70. The molecule has 136 valence electrons. The number of nitrogens with zero attached hydrogens (tertiary/aromatic N) is 3. The lowest BCUT2D eigenvalue weighted by molar-refractivity contribution is 0.0622. The summed E-state index contributed by atoms with van der Waals surface area (Å²) in [6.07, 6.45) is 0. The van der Waals surface area contributed by atoms with Gasteiger partial charge in [-0.3, -0.25) is 0 Å². The molecule has 2 N–H and O–H groups in total. The molecule has 0 amide bonds. The minimum absolute atomic E-state index is 0.206. The number of fused-ring (bicyclic) bond motifs is 5. The van der Waals surface area contributed by atoms with Crippen molar-refractivity contribution in [3.05, 3.63) is 59.9 Å². The van der Waals surface area contributed by atoms with E-state index >= 15 is 0 Å². The van der Waals surface area contributed by atoms with Gasteiger partial charge in [-0.1, -0.05) is 30.3 Å². The van der Waals surface area contributed by atoms with Crippen molar-refractivity contribution < 1.29 is 9.47 Å². The van der Waals surface area contributed by atoms with Crippen LogP contribution in [0.25, 0.3) is 21.9 Å². The number of hydrogen-bond donors (Lipinski definition) is 1.